The summed E-state index contributed by atoms with van der Waals surface area (Å²) in [6, 6.07) is 0.238. The van der Waals surface area contributed by atoms with Gasteiger partial charge in [-0.05, 0) is 34.2 Å². The molecule has 0 bridgehead atoms. The van der Waals surface area contributed by atoms with Crippen LogP contribution in [0.3, 0.4) is 0 Å². The zero-order valence-corrected chi connectivity index (χ0v) is 11.9. The molecule has 5 heteroatoms. The first-order valence-electron chi connectivity index (χ1n) is 6.24. The third-order valence-corrected chi connectivity index (χ3v) is 3.69. The molecule has 104 valence electrons. The van der Waals surface area contributed by atoms with Crippen LogP contribution in [0.25, 0.3) is 0 Å². The molecule has 0 spiro atoms. The number of hydrogen-bond acceptors (Lipinski definition) is 5. The van der Waals surface area contributed by atoms with Crippen LogP contribution >= 0.6 is 0 Å². The molecule has 0 saturated carbocycles. The molecule has 0 amide bonds. The molecule has 1 aliphatic heterocycles. The summed E-state index contributed by atoms with van der Waals surface area (Å²) in [6.07, 6.45) is 1.05. The van der Waals surface area contributed by atoms with E-state index in [4.69, 9.17) is 4.74 Å². The van der Waals surface area contributed by atoms with E-state index in [0.717, 1.165) is 13.0 Å². The molecule has 5 nitrogen and oxygen atoms in total. The second kappa shape index (κ2) is 5.80. The monoisotopic (exact) mass is 257 g/mol. The van der Waals surface area contributed by atoms with Crippen molar-refractivity contribution in [1.29, 1.82) is 0 Å². The van der Waals surface area contributed by atoms with Gasteiger partial charge in [0.05, 0.1) is 19.8 Å². The fraction of sp³-hybridized carbons (Fsp3) is 0.846. The standard InChI is InChI=1S/C13H23NO4/c1-9-10(6-7-18-9)14(4)8-11(15)13(2,3)12(16)17-5/h9-10H,6-8H2,1-5H3. The smallest absolute Gasteiger partial charge is 0.318 e. The zero-order valence-electron chi connectivity index (χ0n) is 11.9. The van der Waals surface area contributed by atoms with E-state index in [2.05, 4.69) is 4.74 Å². The van der Waals surface area contributed by atoms with Crippen molar-refractivity contribution in [3.05, 3.63) is 0 Å². The molecule has 0 aliphatic carbocycles. The highest BCUT2D eigenvalue weighted by Crippen LogP contribution is 2.22. The van der Waals surface area contributed by atoms with Gasteiger partial charge in [0.2, 0.25) is 0 Å². The van der Waals surface area contributed by atoms with Gasteiger partial charge in [-0.2, -0.15) is 0 Å². The molecule has 0 radical (unpaired) electrons. The van der Waals surface area contributed by atoms with E-state index in [9.17, 15) is 9.59 Å². The Bertz CT molecular complexity index is 327. The van der Waals surface area contributed by atoms with E-state index >= 15 is 0 Å². The first-order valence-corrected chi connectivity index (χ1v) is 6.24. The molecule has 1 fully saturated rings. The molecule has 2 unspecified atom stereocenters. The number of nitrogens with zero attached hydrogens (tertiary/aromatic N) is 1. The van der Waals surface area contributed by atoms with Crippen molar-refractivity contribution in [2.75, 3.05) is 27.3 Å². The maximum Gasteiger partial charge on any atom is 0.318 e. The molecule has 0 aromatic rings. The molecule has 1 saturated heterocycles. The molecule has 1 aliphatic rings. The number of ketones is 1. The van der Waals surface area contributed by atoms with Gasteiger partial charge < -0.3 is 9.47 Å². The quantitative estimate of drug-likeness (QED) is 0.540. The highest BCUT2D eigenvalue weighted by Gasteiger charge is 2.39. The summed E-state index contributed by atoms with van der Waals surface area (Å²) >= 11 is 0. The predicted molar refractivity (Wildman–Crippen MR) is 67.3 cm³/mol. The minimum atomic E-state index is -1.09. The maximum absolute atomic E-state index is 12.2. The molecule has 1 heterocycles. The molecule has 0 aromatic heterocycles. The van der Waals surface area contributed by atoms with Gasteiger partial charge in [0.25, 0.3) is 0 Å². The fourth-order valence-corrected chi connectivity index (χ4v) is 2.21. The second-order valence-electron chi connectivity index (χ2n) is 5.39. The first-order chi connectivity index (χ1) is 8.30. The molecule has 2 atom stereocenters. The van der Waals surface area contributed by atoms with E-state index < -0.39 is 11.4 Å². The summed E-state index contributed by atoms with van der Waals surface area (Å²) in [6.45, 7) is 6.17. The normalized spacial score (nSPS) is 24.3. The fourth-order valence-electron chi connectivity index (χ4n) is 2.21. The molecule has 18 heavy (non-hydrogen) atoms. The van der Waals surface area contributed by atoms with Gasteiger partial charge in [0.1, 0.15) is 5.41 Å². The van der Waals surface area contributed by atoms with Gasteiger partial charge in [-0.1, -0.05) is 0 Å². The lowest BCUT2D eigenvalue weighted by molar-refractivity contribution is -0.156. The Morgan fingerprint density at radius 3 is 2.50 bits per heavy atom. The Morgan fingerprint density at radius 2 is 2.06 bits per heavy atom. The SMILES string of the molecule is COC(=O)C(C)(C)C(=O)CN(C)C1CCOC1C. The van der Waals surface area contributed by atoms with Gasteiger partial charge >= 0.3 is 5.97 Å². The van der Waals surface area contributed by atoms with Crippen molar-refractivity contribution in [3.8, 4) is 0 Å². The molecule has 0 aromatic carbocycles. The number of carbonyl (C=O) groups is 2. The third kappa shape index (κ3) is 3.09. The van der Waals surface area contributed by atoms with Gasteiger partial charge in [-0.3, -0.25) is 14.5 Å². The maximum atomic E-state index is 12.2. The Kier molecular flexibility index (Phi) is 4.87. The van der Waals surface area contributed by atoms with E-state index in [1.807, 2.05) is 18.9 Å². The Labute approximate surface area is 108 Å². The minimum absolute atomic E-state index is 0.129. The van der Waals surface area contributed by atoms with E-state index in [1.165, 1.54) is 7.11 Å². The van der Waals surface area contributed by atoms with E-state index in [1.54, 1.807) is 13.8 Å². The van der Waals surface area contributed by atoms with Gasteiger partial charge in [-0.25, -0.2) is 0 Å². The topological polar surface area (TPSA) is 55.8 Å². The summed E-state index contributed by atoms with van der Waals surface area (Å²) < 4.78 is 10.1. The van der Waals surface area contributed by atoms with Crippen LogP contribution in [0.4, 0.5) is 0 Å². The number of rotatable bonds is 5. The van der Waals surface area contributed by atoms with Crippen LogP contribution in [0.1, 0.15) is 27.2 Å². The lowest BCUT2D eigenvalue weighted by Crippen LogP contribution is -2.45. The Morgan fingerprint density at radius 1 is 1.44 bits per heavy atom. The Balaban J connectivity index is 2.61. The average Bonchev–Trinajstić information content (AvgIpc) is 2.74. The van der Waals surface area contributed by atoms with Crippen LogP contribution < -0.4 is 0 Å². The van der Waals surface area contributed by atoms with Crippen molar-refractivity contribution in [2.45, 2.75) is 39.3 Å². The number of methoxy groups -OCH3 is 1. The zero-order chi connectivity index (χ0) is 13.9. The highest BCUT2D eigenvalue weighted by atomic mass is 16.5. The summed E-state index contributed by atoms with van der Waals surface area (Å²) in [7, 11) is 3.19. The number of esters is 1. The number of likely N-dealkylation sites (N-methyl/N-ethyl adjacent to an activating group) is 1. The Hall–Kier alpha value is -0.940. The molecule has 1 rings (SSSR count). The van der Waals surface area contributed by atoms with Crippen molar-refractivity contribution in [2.24, 2.45) is 5.41 Å². The summed E-state index contributed by atoms with van der Waals surface area (Å²) in [5.41, 5.74) is -1.09. The number of hydrogen-bond donors (Lipinski definition) is 0. The van der Waals surface area contributed by atoms with Crippen LogP contribution in [0.15, 0.2) is 0 Å². The van der Waals surface area contributed by atoms with Crippen molar-refractivity contribution in [3.63, 3.8) is 0 Å². The van der Waals surface area contributed by atoms with Crippen LogP contribution in [0, 0.1) is 5.41 Å². The number of ether oxygens (including phenoxy) is 2. The van der Waals surface area contributed by atoms with Gasteiger partial charge in [-0.15, -0.1) is 0 Å². The second-order valence-corrected chi connectivity index (χ2v) is 5.39. The van der Waals surface area contributed by atoms with Crippen LogP contribution in [0.2, 0.25) is 0 Å². The summed E-state index contributed by atoms with van der Waals surface area (Å²) in [4.78, 5) is 25.7. The van der Waals surface area contributed by atoms with Crippen LogP contribution in [-0.4, -0.2) is 56.1 Å². The lowest BCUT2D eigenvalue weighted by Gasteiger charge is -2.29. The van der Waals surface area contributed by atoms with Gasteiger partial charge in [0.15, 0.2) is 5.78 Å². The van der Waals surface area contributed by atoms with E-state index in [-0.39, 0.29) is 24.5 Å². The lowest BCUT2D eigenvalue weighted by atomic mass is 9.87. The van der Waals surface area contributed by atoms with Crippen molar-refractivity contribution in [1.82, 2.24) is 4.90 Å². The molecule has 0 N–H and O–H groups in total. The van der Waals surface area contributed by atoms with Gasteiger partial charge in [0, 0.05) is 12.6 Å². The summed E-state index contributed by atoms with van der Waals surface area (Å²) in [5.74, 6) is -0.618. The number of Topliss-reactive ketones (excluding diaryl/α,β-unsaturated/α-hetero) is 1. The predicted octanol–water partition coefficient (Wildman–Crippen LogP) is 0.864. The molecular formula is C13H23NO4. The van der Waals surface area contributed by atoms with Crippen molar-refractivity contribution >= 4 is 11.8 Å². The van der Waals surface area contributed by atoms with Crippen LogP contribution in [0.5, 0.6) is 0 Å². The van der Waals surface area contributed by atoms with Crippen molar-refractivity contribution < 1.29 is 19.1 Å². The van der Waals surface area contributed by atoms with E-state index in [0.29, 0.717) is 0 Å². The first kappa shape index (κ1) is 15.1. The summed E-state index contributed by atoms with van der Waals surface area (Å²) in [5, 5.41) is 0. The molecular weight excluding hydrogens is 234 g/mol. The highest BCUT2D eigenvalue weighted by molar-refractivity contribution is 6.03. The largest absolute Gasteiger partial charge is 0.468 e. The van der Waals surface area contributed by atoms with Crippen LogP contribution in [-0.2, 0) is 19.1 Å². The number of carbonyl (C=O) groups excluding carboxylic acids is 2. The average molecular weight is 257 g/mol. The minimum Gasteiger partial charge on any atom is -0.468 e. The third-order valence-electron chi connectivity index (χ3n) is 3.69.